The van der Waals surface area contributed by atoms with Crippen molar-refractivity contribution in [3.63, 3.8) is 0 Å². The van der Waals surface area contributed by atoms with Crippen molar-refractivity contribution in [1.29, 1.82) is 0 Å². The smallest absolute Gasteiger partial charge is 0.378 e. The van der Waals surface area contributed by atoms with Crippen molar-refractivity contribution < 1.29 is 17.9 Å². The van der Waals surface area contributed by atoms with Gasteiger partial charge in [0.2, 0.25) is 0 Å². The fourth-order valence-corrected chi connectivity index (χ4v) is 4.05. The topological polar surface area (TPSA) is 74.7 Å². The van der Waals surface area contributed by atoms with Gasteiger partial charge in [-0.25, -0.2) is 9.97 Å². The summed E-state index contributed by atoms with van der Waals surface area (Å²) in [6, 6.07) is 11.0. The summed E-state index contributed by atoms with van der Waals surface area (Å²) in [5.41, 5.74) is 0.476. The maximum atomic E-state index is 13.8. The van der Waals surface area contributed by atoms with E-state index in [1.165, 1.54) is 12.1 Å². The highest BCUT2D eigenvalue weighted by Crippen LogP contribution is 2.38. The quantitative estimate of drug-likeness (QED) is 0.333. The fraction of sp³-hybridized carbons (Fsp3) is 0.346. The van der Waals surface area contributed by atoms with E-state index in [4.69, 9.17) is 4.74 Å². The highest BCUT2D eigenvalue weighted by molar-refractivity contribution is 5.99. The Bertz CT molecular complexity index is 1270. The van der Waals surface area contributed by atoms with Crippen molar-refractivity contribution in [3.8, 4) is 11.4 Å². The molecule has 2 N–H and O–H groups in total. The third-order valence-corrected chi connectivity index (χ3v) is 5.70. The molecule has 0 spiro atoms. The molecule has 0 unspecified atom stereocenters. The van der Waals surface area contributed by atoms with E-state index in [0.29, 0.717) is 61.2 Å². The van der Waals surface area contributed by atoms with Gasteiger partial charge in [-0.1, -0.05) is 37.8 Å². The van der Waals surface area contributed by atoms with Crippen LogP contribution in [0, 0.1) is 0 Å². The summed E-state index contributed by atoms with van der Waals surface area (Å²) in [4.78, 5) is 15.7. The van der Waals surface area contributed by atoms with Gasteiger partial charge < -0.3 is 20.3 Å². The maximum absolute atomic E-state index is 13.8. The molecule has 1 aliphatic rings. The molecule has 10 heteroatoms. The van der Waals surface area contributed by atoms with Crippen molar-refractivity contribution in [2.45, 2.75) is 26.4 Å². The van der Waals surface area contributed by atoms with Gasteiger partial charge in [0.15, 0.2) is 5.82 Å². The van der Waals surface area contributed by atoms with Crippen LogP contribution in [0.4, 0.5) is 24.7 Å². The predicted octanol–water partition coefficient (Wildman–Crippen LogP) is 5.45. The average Bonchev–Trinajstić information content (AvgIpc) is 2.87. The van der Waals surface area contributed by atoms with Crippen molar-refractivity contribution in [1.82, 2.24) is 15.3 Å². The molecule has 190 valence electrons. The number of rotatable bonds is 7. The number of hydrogen-bond donors (Lipinski definition) is 2. The molecule has 2 aromatic carbocycles. The standard InChI is InChI=1S/C26H29F3N6O/c1-4-12-30-17(2)31-18(3)32-25-20-9-7-11-22(35-13-15-36-16-14-35)23(20)33-24(34-25)19-8-5-6-10-21(19)26(27,28)29/h5-11H,3-4,12-16H2,1-2H3,(H,30,31)(H,32,33,34). The third-order valence-electron chi connectivity index (χ3n) is 5.70. The zero-order valence-electron chi connectivity index (χ0n) is 20.3. The monoisotopic (exact) mass is 498 g/mol. The zero-order chi connectivity index (χ0) is 25.7. The van der Waals surface area contributed by atoms with Gasteiger partial charge in [0.05, 0.1) is 35.8 Å². The van der Waals surface area contributed by atoms with Gasteiger partial charge in [0.1, 0.15) is 11.6 Å². The van der Waals surface area contributed by atoms with Crippen LogP contribution in [0.5, 0.6) is 0 Å². The highest BCUT2D eigenvalue weighted by atomic mass is 19.4. The number of nitrogens with zero attached hydrogens (tertiary/aromatic N) is 4. The molecule has 2 heterocycles. The van der Waals surface area contributed by atoms with Crippen LogP contribution >= 0.6 is 0 Å². The molecule has 7 nitrogen and oxygen atoms in total. The van der Waals surface area contributed by atoms with Gasteiger partial charge in [-0.15, -0.1) is 0 Å². The van der Waals surface area contributed by atoms with E-state index >= 15 is 0 Å². The molecule has 0 aliphatic carbocycles. The number of fused-ring (bicyclic) bond motifs is 1. The largest absolute Gasteiger partial charge is 0.417 e. The number of benzene rings is 2. The van der Waals surface area contributed by atoms with Crippen LogP contribution in [0.25, 0.3) is 22.3 Å². The van der Waals surface area contributed by atoms with Crippen LogP contribution in [0.15, 0.2) is 59.9 Å². The molecule has 3 aromatic rings. The van der Waals surface area contributed by atoms with Crippen molar-refractivity contribution in [2.75, 3.05) is 43.1 Å². The lowest BCUT2D eigenvalue weighted by atomic mass is 10.1. The number of aromatic nitrogens is 2. The molecule has 0 radical (unpaired) electrons. The number of aliphatic imine (C=N–C) groups is 1. The van der Waals surface area contributed by atoms with Crippen LogP contribution < -0.4 is 15.5 Å². The van der Waals surface area contributed by atoms with Crippen LogP contribution in [0.2, 0.25) is 0 Å². The molecule has 0 saturated carbocycles. The van der Waals surface area contributed by atoms with Gasteiger partial charge in [-0.05, 0) is 31.5 Å². The molecule has 36 heavy (non-hydrogen) atoms. The van der Waals surface area contributed by atoms with Crippen LogP contribution in [-0.2, 0) is 10.9 Å². The number of nitrogens with one attached hydrogen (secondary N) is 2. The Balaban J connectivity index is 1.84. The Morgan fingerprint density at radius 2 is 1.86 bits per heavy atom. The first-order valence-electron chi connectivity index (χ1n) is 11.8. The normalized spacial score (nSPS) is 14.7. The number of ether oxygens (including phenoxy) is 1. The number of halogens is 3. The number of anilines is 2. The van der Waals surface area contributed by atoms with Crippen molar-refractivity contribution in [3.05, 3.63) is 60.4 Å². The fourth-order valence-electron chi connectivity index (χ4n) is 4.05. The van der Waals surface area contributed by atoms with E-state index < -0.39 is 11.7 Å². The molecule has 1 fully saturated rings. The Morgan fingerprint density at radius 1 is 1.11 bits per heavy atom. The molecule has 0 atom stereocenters. The molecule has 4 rings (SSSR count). The number of amidine groups is 1. The van der Waals surface area contributed by atoms with Crippen LogP contribution in [0.3, 0.4) is 0 Å². The number of para-hydroxylation sites is 1. The highest BCUT2D eigenvalue weighted by Gasteiger charge is 2.34. The van der Waals surface area contributed by atoms with Crippen LogP contribution in [-0.4, -0.2) is 48.7 Å². The summed E-state index contributed by atoms with van der Waals surface area (Å²) < 4.78 is 47.0. The summed E-state index contributed by atoms with van der Waals surface area (Å²) in [6.45, 7) is 11.0. The molecule has 1 saturated heterocycles. The molecular weight excluding hydrogens is 469 g/mol. The second-order valence-electron chi connectivity index (χ2n) is 8.41. The number of alkyl halides is 3. The molecule has 0 bridgehead atoms. The van der Waals surface area contributed by atoms with E-state index in [2.05, 4.69) is 37.1 Å². The van der Waals surface area contributed by atoms with Gasteiger partial charge in [-0.2, -0.15) is 13.2 Å². The Hall–Kier alpha value is -3.66. The summed E-state index contributed by atoms with van der Waals surface area (Å²) in [6.07, 6.45) is -3.65. The van der Waals surface area contributed by atoms with Gasteiger partial charge in [-0.3, -0.25) is 4.99 Å². The minimum atomic E-state index is -4.55. The predicted molar refractivity (Wildman–Crippen MR) is 137 cm³/mol. The van der Waals surface area contributed by atoms with E-state index in [9.17, 15) is 13.2 Å². The lowest BCUT2D eigenvalue weighted by Gasteiger charge is -2.29. The van der Waals surface area contributed by atoms with E-state index in [-0.39, 0.29) is 11.4 Å². The summed E-state index contributed by atoms with van der Waals surface area (Å²) in [7, 11) is 0. The molecular formula is C26H29F3N6O. The molecule has 1 aromatic heterocycles. The van der Waals surface area contributed by atoms with E-state index in [1.807, 2.05) is 32.0 Å². The lowest BCUT2D eigenvalue weighted by molar-refractivity contribution is -0.137. The Labute approximate surface area is 208 Å². The summed E-state index contributed by atoms with van der Waals surface area (Å²) >= 11 is 0. The van der Waals surface area contributed by atoms with Crippen molar-refractivity contribution in [2.24, 2.45) is 4.99 Å². The first kappa shape index (κ1) is 25.4. The summed E-state index contributed by atoms with van der Waals surface area (Å²) in [5.74, 6) is 1.40. The van der Waals surface area contributed by atoms with Gasteiger partial charge in [0, 0.05) is 30.6 Å². The Morgan fingerprint density at radius 3 is 2.58 bits per heavy atom. The van der Waals surface area contributed by atoms with Crippen LogP contribution in [0.1, 0.15) is 25.8 Å². The first-order chi connectivity index (χ1) is 17.3. The summed E-state index contributed by atoms with van der Waals surface area (Å²) in [5, 5.41) is 6.87. The zero-order valence-corrected chi connectivity index (χ0v) is 20.3. The lowest BCUT2D eigenvalue weighted by Crippen LogP contribution is -2.36. The average molecular weight is 499 g/mol. The first-order valence-corrected chi connectivity index (χ1v) is 11.8. The van der Waals surface area contributed by atoms with Gasteiger partial charge >= 0.3 is 6.18 Å². The number of morpholine rings is 1. The SMILES string of the molecule is C=C(NC(C)=NCCC)Nc1nc(-c2ccccc2C(F)(F)F)nc2c(N3CCOCC3)cccc12. The Kier molecular flexibility index (Phi) is 7.73. The second-order valence-corrected chi connectivity index (χ2v) is 8.41. The second kappa shape index (κ2) is 10.9. The van der Waals surface area contributed by atoms with E-state index in [0.717, 1.165) is 18.2 Å². The number of hydrogen-bond acceptors (Lipinski definition) is 6. The molecule has 1 aliphatic heterocycles. The molecule has 0 amide bonds. The van der Waals surface area contributed by atoms with Gasteiger partial charge in [0.25, 0.3) is 0 Å². The van der Waals surface area contributed by atoms with Crippen molar-refractivity contribution >= 4 is 28.2 Å². The van der Waals surface area contributed by atoms with E-state index in [1.54, 1.807) is 6.07 Å². The third kappa shape index (κ3) is 5.76. The minimum Gasteiger partial charge on any atom is -0.378 e. The maximum Gasteiger partial charge on any atom is 0.417 e. The minimum absolute atomic E-state index is 0.0252.